The molecular weight excluding hydrogens is 390 g/mol. The van der Waals surface area contributed by atoms with Crippen LogP contribution in [0.3, 0.4) is 0 Å². The van der Waals surface area contributed by atoms with Crippen molar-refractivity contribution >= 4 is 34.2 Å². The first-order chi connectivity index (χ1) is 13.8. The van der Waals surface area contributed by atoms with Gasteiger partial charge >= 0.3 is 0 Å². The molecule has 6 nitrogen and oxygen atoms in total. The van der Waals surface area contributed by atoms with Crippen LogP contribution in [0.2, 0.25) is 5.02 Å². The Labute approximate surface area is 175 Å². The van der Waals surface area contributed by atoms with Gasteiger partial charge in [-0.2, -0.15) is 0 Å². The molecule has 3 N–H and O–H groups in total. The largest absolute Gasteiger partial charge is 0.391 e. The maximum absolute atomic E-state index is 13.0. The average Bonchev–Trinajstić information content (AvgIpc) is 3.12. The Morgan fingerprint density at radius 1 is 1.34 bits per heavy atom. The Morgan fingerprint density at radius 3 is 2.90 bits per heavy atom. The van der Waals surface area contributed by atoms with E-state index in [1.807, 2.05) is 17.0 Å². The highest BCUT2D eigenvalue weighted by molar-refractivity contribution is 6.35. The minimum absolute atomic E-state index is 0.222. The summed E-state index contributed by atoms with van der Waals surface area (Å²) in [6.07, 6.45) is 3.90. The smallest absolute Gasteiger partial charge is 0.253 e. The van der Waals surface area contributed by atoms with Crippen molar-refractivity contribution in [1.29, 1.82) is 0 Å². The number of carbonyl (C=O) groups excluding carboxylic acids is 1. The van der Waals surface area contributed by atoms with Gasteiger partial charge in [0, 0.05) is 25.0 Å². The Hall–Kier alpha value is -1.89. The van der Waals surface area contributed by atoms with Crippen molar-refractivity contribution in [2.45, 2.75) is 50.7 Å². The highest BCUT2D eigenvalue weighted by Gasteiger charge is 2.33. The van der Waals surface area contributed by atoms with Crippen molar-refractivity contribution in [3.63, 3.8) is 0 Å². The molecule has 2 fully saturated rings. The summed E-state index contributed by atoms with van der Waals surface area (Å²) in [5.74, 6) is 0.949. The van der Waals surface area contributed by atoms with Crippen molar-refractivity contribution in [2.24, 2.45) is 5.92 Å². The molecule has 0 spiro atoms. The number of aliphatic hydroxyl groups is 2. The number of nitrogens with one attached hydrogen (secondary N) is 1. The Morgan fingerprint density at radius 2 is 2.17 bits per heavy atom. The molecule has 1 aliphatic heterocycles. The van der Waals surface area contributed by atoms with Crippen LogP contribution in [0.25, 0.3) is 10.9 Å². The molecule has 29 heavy (non-hydrogen) atoms. The molecular formula is C22H28ClN3O3. The zero-order chi connectivity index (χ0) is 20.6. The Balaban J connectivity index is 1.56. The summed E-state index contributed by atoms with van der Waals surface area (Å²) in [5, 5.41) is 24.5. The monoisotopic (exact) mass is 417 g/mol. The molecule has 1 saturated carbocycles. The van der Waals surface area contributed by atoms with Crippen LogP contribution in [-0.4, -0.2) is 52.4 Å². The van der Waals surface area contributed by atoms with Crippen LogP contribution < -0.4 is 10.2 Å². The van der Waals surface area contributed by atoms with E-state index in [1.54, 1.807) is 12.1 Å². The third-order valence-corrected chi connectivity index (χ3v) is 6.48. The van der Waals surface area contributed by atoms with Gasteiger partial charge < -0.3 is 20.4 Å². The first-order valence-electron chi connectivity index (χ1n) is 10.4. The van der Waals surface area contributed by atoms with Gasteiger partial charge in [-0.15, -0.1) is 0 Å². The molecule has 1 aliphatic carbocycles. The van der Waals surface area contributed by atoms with Gasteiger partial charge in [-0.3, -0.25) is 4.79 Å². The van der Waals surface area contributed by atoms with Crippen LogP contribution in [0, 0.1) is 5.92 Å². The number of nitrogens with zero attached hydrogens (tertiary/aromatic N) is 2. The number of anilines is 1. The normalized spacial score (nSPS) is 27.4. The van der Waals surface area contributed by atoms with E-state index >= 15 is 0 Å². The van der Waals surface area contributed by atoms with E-state index in [-0.39, 0.29) is 18.6 Å². The second kappa shape index (κ2) is 8.09. The number of carbonyl (C=O) groups is 1. The van der Waals surface area contributed by atoms with Crippen molar-refractivity contribution in [3.8, 4) is 0 Å². The molecule has 2 aliphatic rings. The molecule has 0 unspecified atom stereocenters. The molecule has 4 rings (SSSR count). The fourth-order valence-corrected chi connectivity index (χ4v) is 4.90. The second-order valence-electron chi connectivity index (χ2n) is 8.66. The minimum Gasteiger partial charge on any atom is -0.391 e. The maximum Gasteiger partial charge on any atom is 0.253 e. The molecule has 1 amide bonds. The summed E-state index contributed by atoms with van der Waals surface area (Å²) in [5.41, 5.74) is 0.215. The first-order valence-corrected chi connectivity index (χ1v) is 10.8. The predicted molar refractivity (Wildman–Crippen MR) is 115 cm³/mol. The van der Waals surface area contributed by atoms with Crippen LogP contribution in [0.15, 0.2) is 24.3 Å². The van der Waals surface area contributed by atoms with E-state index < -0.39 is 5.60 Å². The van der Waals surface area contributed by atoms with Crippen LogP contribution in [0.1, 0.15) is 49.4 Å². The number of hydrogen-bond acceptors (Lipinski definition) is 5. The summed E-state index contributed by atoms with van der Waals surface area (Å²) in [4.78, 5) is 19.7. The molecule has 2 heterocycles. The summed E-state index contributed by atoms with van der Waals surface area (Å²) in [7, 11) is 0. The number of halogens is 1. The van der Waals surface area contributed by atoms with E-state index in [2.05, 4.69) is 17.2 Å². The second-order valence-corrected chi connectivity index (χ2v) is 9.06. The first kappa shape index (κ1) is 20.4. The lowest BCUT2D eigenvalue weighted by Crippen LogP contribution is -2.45. The number of aromatic nitrogens is 1. The lowest BCUT2D eigenvalue weighted by Gasteiger charge is -2.35. The number of β-amino-alcohol motifs (C(OH)–C–C–N with tert-alkyl or cyclic N) is 1. The molecule has 1 aromatic carbocycles. The number of amides is 1. The van der Waals surface area contributed by atoms with Crippen molar-refractivity contribution in [1.82, 2.24) is 10.3 Å². The van der Waals surface area contributed by atoms with Crippen LogP contribution in [0.5, 0.6) is 0 Å². The van der Waals surface area contributed by atoms with Crippen molar-refractivity contribution < 1.29 is 15.0 Å². The predicted octanol–water partition coefficient (Wildman–Crippen LogP) is 3.13. The van der Waals surface area contributed by atoms with Gasteiger partial charge in [0.2, 0.25) is 0 Å². The topological polar surface area (TPSA) is 85.7 Å². The van der Waals surface area contributed by atoms with E-state index in [0.717, 1.165) is 31.6 Å². The number of benzene rings is 1. The molecule has 2 aromatic rings. The summed E-state index contributed by atoms with van der Waals surface area (Å²) in [6.45, 7) is 3.68. The minimum atomic E-state index is -0.855. The maximum atomic E-state index is 13.0. The number of hydrogen-bond donors (Lipinski definition) is 3. The summed E-state index contributed by atoms with van der Waals surface area (Å²) >= 11 is 6.37. The zero-order valence-electron chi connectivity index (χ0n) is 16.7. The fraction of sp³-hybridized carbons (Fsp3) is 0.545. The Kier molecular flexibility index (Phi) is 5.69. The van der Waals surface area contributed by atoms with Crippen molar-refractivity contribution in [2.75, 3.05) is 24.5 Å². The third-order valence-electron chi connectivity index (χ3n) is 6.17. The van der Waals surface area contributed by atoms with E-state index in [4.69, 9.17) is 11.6 Å². The number of aliphatic hydroxyl groups excluding tert-OH is 1. The zero-order valence-corrected chi connectivity index (χ0v) is 17.5. The Bertz CT molecular complexity index is 922. The number of rotatable bonds is 4. The number of pyridine rings is 1. The third kappa shape index (κ3) is 4.34. The van der Waals surface area contributed by atoms with Crippen LogP contribution >= 0.6 is 11.6 Å². The lowest BCUT2D eigenvalue weighted by atomic mass is 9.79. The van der Waals surface area contributed by atoms with Gasteiger partial charge in [0.05, 0.1) is 27.8 Å². The molecule has 1 aromatic heterocycles. The van der Waals surface area contributed by atoms with Crippen LogP contribution in [0.4, 0.5) is 5.82 Å². The molecule has 0 bridgehead atoms. The molecule has 0 radical (unpaired) electrons. The van der Waals surface area contributed by atoms with Gasteiger partial charge in [-0.25, -0.2) is 4.98 Å². The summed E-state index contributed by atoms with van der Waals surface area (Å²) < 4.78 is 0. The average molecular weight is 418 g/mol. The quantitative estimate of drug-likeness (QED) is 0.711. The van der Waals surface area contributed by atoms with Crippen molar-refractivity contribution in [3.05, 3.63) is 34.9 Å². The standard InChI is InChI=1S/C22H28ClN3O3/c1-14-3-2-9-22(29,11-14)13-24-21(28)20-16-4-7-19(26-10-8-15(27)12-26)25-18(16)6-5-17(20)23/h4-7,14-15,27,29H,2-3,8-13H2,1H3,(H,24,28)/t14-,15+,22+/m0/s1. The van der Waals surface area contributed by atoms with E-state index in [1.165, 1.54) is 0 Å². The highest BCUT2D eigenvalue weighted by atomic mass is 35.5. The fourth-order valence-electron chi connectivity index (χ4n) is 4.65. The van der Waals surface area contributed by atoms with Gasteiger partial charge in [0.15, 0.2) is 0 Å². The lowest BCUT2D eigenvalue weighted by molar-refractivity contribution is -0.0109. The summed E-state index contributed by atoms with van der Waals surface area (Å²) in [6, 6.07) is 7.22. The number of fused-ring (bicyclic) bond motifs is 1. The highest BCUT2D eigenvalue weighted by Crippen LogP contribution is 2.32. The van der Waals surface area contributed by atoms with Crippen LogP contribution in [-0.2, 0) is 0 Å². The van der Waals surface area contributed by atoms with Gasteiger partial charge in [-0.1, -0.05) is 31.4 Å². The SMILES string of the molecule is C[C@H]1CCC[C@](O)(CNC(=O)c2c(Cl)ccc3nc(N4CC[C@@H](O)C4)ccc23)C1. The molecule has 1 saturated heterocycles. The van der Waals surface area contributed by atoms with Gasteiger partial charge in [0.25, 0.3) is 5.91 Å². The van der Waals surface area contributed by atoms with Gasteiger partial charge in [-0.05, 0) is 49.4 Å². The van der Waals surface area contributed by atoms with E-state index in [0.29, 0.717) is 46.8 Å². The molecule has 156 valence electrons. The van der Waals surface area contributed by atoms with E-state index in [9.17, 15) is 15.0 Å². The molecule has 3 atom stereocenters. The molecule has 7 heteroatoms. The van der Waals surface area contributed by atoms with Gasteiger partial charge in [0.1, 0.15) is 5.82 Å².